The number of ether oxygens (including phenoxy) is 1. The molecular formula is C34H29F3N4O5. The fraction of sp³-hybridized carbons (Fsp3) is 0.235. The second kappa shape index (κ2) is 12.2. The van der Waals surface area contributed by atoms with Crippen molar-refractivity contribution in [2.45, 2.75) is 25.1 Å². The number of nitrogens with zero attached hydrogens (tertiary/aromatic N) is 2. The molecule has 12 heteroatoms. The van der Waals surface area contributed by atoms with Gasteiger partial charge in [-0.25, -0.2) is 4.79 Å². The molecule has 0 unspecified atom stereocenters. The molecule has 2 aliphatic heterocycles. The zero-order chi connectivity index (χ0) is 32.6. The summed E-state index contributed by atoms with van der Waals surface area (Å²) in [6, 6.07) is 20.3. The summed E-state index contributed by atoms with van der Waals surface area (Å²) in [5.74, 6) is -1.83. The first-order valence-electron chi connectivity index (χ1n) is 14.6. The van der Waals surface area contributed by atoms with Gasteiger partial charge in [0, 0.05) is 48.4 Å². The Morgan fingerprint density at radius 1 is 0.804 bits per heavy atom. The number of benzene rings is 3. The lowest BCUT2D eigenvalue weighted by atomic mass is 9.83. The summed E-state index contributed by atoms with van der Waals surface area (Å²) in [6.45, 7) is 1.61. The standard InChI is InChI=1S/C34H29F3N4O5/c1-46-33(45)25-8-2-3-9-26(25)38-32(44)22-12-13-29(27(16-22)39-31(43)21-6-4-7-24(15-21)34(35,36)37)40-17-20-14-23(19-40)28-10-5-11-30(42)41(28)18-20/h2-13,15-16,20,23H,14,17-19H2,1H3,(H,38,44)(H,39,43)/t20-,23+/m1/s1. The molecule has 0 saturated carbocycles. The van der Waals surface area contributed by atoms with Gasteiger partial charge in [0.15, 0.2) is 0 Å². The van der Waals surface area contributed by atoms with E-state index >= 15 is 0 Å². The van der Waals surface area contributed by atoms with E-state index < -0.39 is 29.5 Å². The summed E-state index contributed by atoms with van der Waals surface area (Å²) in [6.07, 6.45) is -3.75. The first-order valence-corrected chi connectivity index (χ1v) is 14.6. The smallest absolute Gasteiger partial charge is 0.416 e. The van der Waals surface area contributed by atoms with E-state index in [2.05, 4.69) is 15.5 Å². The molecule has 236 valence electrons. The summed E-state index contributed by atoms with van der Waals surface area (Å²) in [5, 5.41) is 5.44. The highest BCUT2D eigenvalue weighted by atomic mass is 19.4. The van der Waals surface area contributed by atoms with Crippen molar-refractivity contribution in [3.05, 3.63) is 123 Å². The fourth-order valence-corrected chi connectivity index (χ4v) is 6.25. The molecule has 2 bridgehead atoms. The number of aromatic nitrogens is 1. The Morgan fingerprint density at radius 3 is 2.28 bits per heavy atom. The zero-order valence-corrected chi connectivity index (χ0v) is 24.6. The maximum absolute atomic E-state index is 13.4. The molecule has 4 aromatic rings. The molecule has 2 N–H and O–H groups in total. The van der Waals surface area contributed by atoms with Crippen LogP contribution in [0.3, 0.4) is 0 Å². The Balaban J connectivity index is 1.35. The second-order valence-electron chi connectivity index (χ2n) is 11.4. The third kappa shape index (κ3) is 6.10. The van der Waals surface area contributed by atoms with Crippen molar-refractivity contribution in [3.8, 4) is 0 Å². The predicted molar refractivity (Wildman–Crippen MR) is 165 cm³/mol. The molecule has 9 nitrogen and oxygen atoms in total. The number of hydrogen-bond donors (Lipinski definition) is 2. The molecule has 0 spiro atoms. The Bertz CT molecular complexity index is 1900. The molecule has 2 amide bonds. The largest absolute Gasteiger partial charge is 0.465 e. The Kier molecular flexibility index (Phi) is 8.11. The second-order valence-corrected chi connectivity index (χ2v) is 11.4. The number of esters is 1. The number of halogens is 3. The highest BCUT2D eigenvalue weighted by molar-refractivity contribution is 6.10. The number of hydrogen-bond acceptors (Lipinski definition) is 6. The van der Waals surface area contributed by atoms with Gasteiger partial charge in [-0.05, 0) is 66.9 Å². The summed E-state index contributed by atoms with van der Waals surface area (Å²) in [7, 11) is 1.23. The molecular weight excluding hydrogens is 601 g/mol. The van der Waals surface area contributed by atoms with Gasteiger partial charge in [0.05, 0.1) is 35.3 Å². The SMILES string of the molecule is COC(=O)c1ccccc1NC(=O)c1ccc(N2C[C@H]3C[C@@H](C2)c2cccc(=O)n2C3)c(NC(=O)c2cccc(C(F)(F)F)c2)c1. The molecule has 1 aromatic heterocycles. The molecule has 2 aliphatic rings. The average Bonchev–Trinajstić information content (AvgIpc) is 3.04. The van der Waals surface area contributed by atoms with Crippen molar-refractivity contribution in [1.82, 2.24) is 4.57 Å². The molecule has 2 atom stereocenters. The number of piperidine rings is 1. The number of carbonyl (C=O) groups is 3. The number of anilines is 3. The zero-order valence-electron chi connectivity index (χ0n) is 24.6. The van der Waals surface area contributed by atoms with Crippen LogP contribution in [-0.2, 0) is 17.5 Å². The van der Waals surface area contributed by atoms with Gasteiger partial charge < -0.3 is 24.8 Å². The van der Waals surface area contributed by atoms with E-state index in [0.29, 0.717) is 25.3 Å². The summed E-state index contributed by atoms with van der Waals surface area (Å²) < 4.78 is 46.8. The Morgan fingerprint density at radius 2 is 1.52 bits per heavy atom. The third-order valence-electron chi connectivity index (χ3n) is 8.36. The monoisotopic (exact) mass is 630 g/mol. The number of pyridine rings is 1. The summed E-state index contributed by atoms with van der Waals surface area (Å²) >= 11 is 0. The van der Waals surface area contributed by atoms with Crippen LogP contribution in [0, 0.1) is 5.92 Å². The Labute approximate surface area is 261 Å². The van der Waals surface area contributed by atoms with Gasteiger partial charge in [0.2, 0.25) is 0 Å². The van der Waals surface area contributed by atoms with Crippen LogP contribution in [0.1, 0.15) is 54.7 Å². The van der Waals surface area contributed by atoms with Crippen LogP contribution in [0.2, 0.25) is 0 Å². The van der Waals surface area contributed by atoms with Crippen LogP contribution in [0.15, 0.2) is 89.7 Å². The minimum Gasteiger partial charge on any atom is -0.465 e. The van der Waals surface area contributed by atoms with Crippen LogP contribution < -0.4 is 21.1 Å². The number of fused-ring (bicyclic) bond motifs is 4. The number of alkyl halides is 3. The quantitative estimate of drug-likeness (QED) is 0.262. The third-order valence-corrected chi connectivity index (χ3v) is 8.36. The van der Waals surface area contributed by atoms with E-state index in [-0.39, 0.29) is 45.5 Å². The van der Waals surface area contributed by atoms with Gasteiger partial charge in [0.25, 0.3) is 17.4 Å². The first kappa shape index (κ1) is 30.6. The molecule has 1 fully saturated rings. The lowest BCUT2D eigenvalue weighted by Gasteiger charge is -2.44. The maximum atomic E-state index is 13.4. The fourth-order valence-electron chi connectivity index (χ4n) is 6.25. The highest BCUT2D eigenvalue weighted by Crippen LogP contribution is 2.39. The van der Waals surface area contributed by atoms with Crippen molar-refractivity contribution in [1.29, 1.82) is 0 Å². The normalized spacial score (nSPS) is 17.1. The number of carbonyl (C=O) groups excluding carboxylic acids is 3. The van der Waals surface area contributed by atoms with E-state index in [1.54, 1.807) is 41.0 Å². The number of rotatable bonds is 6. The molecule has 1 saturated heterocycles. The molecule has 3 heterocycles. The number of amides is 2. The molecule has 0 radical (unpaired) electrons. The lowest BCUT2D eigenvalue weighted by Crippen LogP contribution is -2.47. The van der Waals surface area contributed by atoms with Crippen LogP contribution in [0.4, 0.5) is 30.2 Å². The van der Waals surface area contributed by atoms with Crippen LogP contribution >= 0.6 is 0 Å². The molecule has 0 aliphatic carbocycles. The van der Waals surface area contributed by atoms with Gasteiger partial charge >= 0.3 is 12.1 Å². The van der Waals surface area contributed by atoms with Gasteiger partial charge in [-0.3, -0.25) is 14.4 Å². The van der Waals surface area contributed by atoms with Crippen LogP contribution in [0.25, 0.3) is 0 Å². The Hall–Kier alpha value is -5.39. The molecule has 6 rings (SSSR count). The van der Waals surface area contributed by atoms with E-state index in [4.69, 9.17) is 4.74 Å². The first-order chi connectivity index (χ1) is 22.0. The maximum Gasteiger partial charge on any atom is 0.416 e. The minimum absolute atomic E-state index is 0.0335. The molecule has 46 heavy (non-hydrogen) atoms. The van der Waals surface area contributed by atoms with Crippen LogP contribution in [-0.4, -0.2) is 42.6 Å². The number of para-hydroxylation sites is 1. The molecule has 3 aromatic carbocycles. The van der Waals surface area contributed by atoms with Crippen molar-refractivity contribution < 1.29 is 32.3 Å². The van der Waals surface area contributed by atoms with E-state index in [9.17, 15) is 32.3 Å². The predicted octanol–water partition coefficient (Wildman–Crippen LogP) is 5.78. The van der Waals surface area contributed by atoms with Crippen molar-refractivity contribution in [3.63, 3.8) is 0 Å². The van der Waals surface area contributed by atoms with E-state index in [0.717, 1.165) is 30.3 Å². The number of methoxy groups -OCH3 is 1. The summed E-state index contributed by atoms with van der Waals surface area (Å²) in [4.78, 5) is 53.6. The van der Waals surface area contributed by atoms with E-state index in [1.807, 2.05) is 6.07 Å². The van der Waals surface area contributed by atoms with Crippen molar-refractivity contribution in [2.24, 2.45) is 5.92 Å². The topological polar surface area (TPSA) is 110 Å². The van der Waals surface area contributed by atoms with Gasteiger partial charge in [-0.2, -0.15) is 13.2 Å². The van der Waals surface area contributed by atoms with Gasteiger partial charge in [-0.15, -0.1) is 0 Å². The van der Waals surface area contributed by atoms with E-state index in [1.165, 1.54) is 31.4 Å². The van der Waals surface area contributed by atoms with Crippen molar-refractivity contribution in [2.75, 3.05) is 35.7 Å². The number of nitrogens with one attached hydrogen (secondary N) is 2. The minimum atomic E-state index is -4.64. The van der Waals surface area contributed by atoms with Gasteiger partial charge in [0.1, 0.15) is 0 Å². The highest BCUT2D eigenvalue weighted by Gasteiger charge is 2.36. The van der Waals surface area contributed by atoms with Crippen molar-refractivity contribution >= 4 is 34.8 Å². The lowest BCUT2D eigenvalue weighted by molar-refractivity contribution is -0.137. The van der Waals surface area contributed by atoms with Gasteiger partial charge in [-0.1, -0.05) is 24.3 Å². The summed E-state index contributed by atoms with van der Waals surface area (Å²) in [5.41, 5.74) is 0.999. The van der Waals surface area contributed by atoms with Crippen LogP contribution in [0.5, 0.6) is 0 Å². The average molecular weight is 631 g/mol.